The minimum absolute atomic E-state index is 0.686. The van der Waals surface area contributed by atoms with Crippen molar-refractivity contribution in [2.45, 2.75) is 19.3 Å². The van der Waals surface area contributed by atoms with Gasteiger partial charge in [-0.1, -0.05) is 18.2 Å². The van der Waals surface area contributed by atoms with Gasteiger partial charge in [0.25, 0.3) is 0 Å². The predicted octanol–water partition coefficient (Wildman–Crippen LogP) is 3.26. The standard InChI is InChI=1S/C13H15N3S/c17-11-14-13(16-9-5-2-6-10-16)15-12-7-3-1-4-8-12/h1,3-4,7-8H,2,5-6,9-10H2. The Kier molecular flexibility index (Phi) is 4.42. The van der Waals surface area contributed by atoms with Crippen LogP contribution in [0.25, 0.3) is 0 Å². The first kappa shape index (κ1) is 12.0. The number of hydrogen-bond acceptors (Lipinski definition) is 2. The fraction of sp³-hybridized carbons (Fsp3) is 0.385. The first-order chi connectivity index (χ1) is 8.40. The van der Waals surface area contributed by atoms with Crippen LogP contribution in [0.4, 0.5) is 5.69 Å². The van der Waals surface area contributed by atoms with E-state index >= 15 is 0 Å². The summed E-state index contributed by atoms with van der Waals surface area (Å²) in [4.78, 5) is 10.8. The molecule has 4 heteroatoms. The molecular weight excluding hydrogens is 230 g/mol. The molecule has 0 aromatic heterocycles. The SMILES string of the molecule is S=C=NC(=Nc1ccccc1)N1CCCCC1. The van der Waals surface area contributed by atoms with E-state index in [1.54, 1.807) is 0 Å². The third-order valence-electron chi connectivity index (χ3n) is 2.77. The smallest absolute Gasteiger partial charge is 0.235 e. The molecule has 1 heterocycles. The minimum Gasteiger partial charge on any atom is -0.340 e. The highest BCUT2D eigenvalue weighted by Crippen LogP contribution is 2.15. The maximum atomic E-state index is 4.69. The van der Waals surface area contributed by atoms with E-state index in [0.717, 1.165) is 18.8 Å². The number of para-hydroxylation sites is 1. The molecule has 0 bridgehead atoms. The van der Waals surface area contributed by atoms with Gasteiger partial charge in [-0.3, -0.25) is 0 Å². The van der Waals surface area contributed by atoms with E-state index in [0.29, 0.717) is 5.96 Å². The number of thiocarbonyl (C=S) groups is 1. The molecule has 0 amide bonds. The first-order valence-electron chi connectivity index (χ1n) is 5.87. The predicted molar refractivity (Wildman–Crippen MR) is 74.0 cm³/mol. The number of rotatable bonds is 1. The zero-order valence-electron chi connectivity index (χ0n) is 9.67. The summed E-state index contributed by atoms with van der Waals surface area (Å²) in [6, 6.07) is 9.83. The Bertz CT molecular complexity index is 429. The van der Waals surface area contributed by atoms with Gasteiger partial charge in [-0.2, -0.15) is 4.99 Å². The Morgan fingerprint density at radius 3 is 2.47 bits per heavy atom. The average Bonchev–Trinajstić information content (AvgIpc) is 2.40. The topological polar surface area (TPSA) is 28.0 Å². The molecule has 88 valence electrons. The Labute approximate surface area is 107 Å². The number of likely N-dealkylation sites (tertiary alicyclic amines) is 1. The highest BCUT2D eigenvalue weighted by Gasteiger charge is 2.13. The fourth-order valence-electron chi connectivity index (χ4n) is 1.92. The molecule has 0 N–H and O–H groups in total. The lowest BCUT2D eigenvalue weighted by Gasteiger charge is -2.26. The lowest BCUT2D eigenvalue weighted by Crippen LogP contribution is -2.34. The lowest BCUT2D eigenvalue weighted by molar-refractivity contribution is 0.339. The molecule has 1 saturated heterocycles. The maximum absolute atomic E-state index is 4.69. The highest BCUT2D eigenvalue weighted by atomic mass is 32.1. The summed E-state index contributed by atoms with van der Waals surface area (Å²) >= 11 is 4.69. The van der Waals surface area contributed by atoms with Gasteiger partial charge >= 0.3 is 0 Å². The van der Waals surface area contributed by atoms with Crippen LogP contribution in [0.3, 0.4) is 0 Å². The van der Waals surface area contributed by atoms with Crippen molar-refractivity contribution in [1.82, 2.24) is 4.90 Å². The summed E-state index contributed by atoms with van der Waals surface area (Å²) in [5.41, 5.74) is 0.905. The van der Waals surface area contributed by atoms with Crippen molar-refractivity contribution in [2.24, 2.45) is 9.98 Å². The molecule has 1 aliphatic rings. The monoisotopic (exact) mass is 245 g/mol. The van der Waals surface area contributed by atoms with E-state index in [1.165, 1.54) is 19.3 Å². The summed E-state index contributed by atoms with van der Waals surface area (Å²) < 4.78 is 0. The second-order valence-electron chi connectivity index (χ2n) is 4.00. The van der Waals surface area contributed by atoms with Gasteiger partial charge in [0.2, 0.25) is 5.96 Å². The fourth-order valence-corrected chi connectivity index (χ4v) is 2.00. The molecule has 0 radical (unpaired) electrons. The van der Waals surface area contributed by atoms with Crippen molar-refractivity contribution in [3.63, 3.8) is 0 Å². The number of nitrogens with zero attached hydrogens (tertiary/aromatic N) is 3. The van der Waals surface area contributed by atoms with Gasteiger partial charge in [-0.25, -0.2) is 4.99 Å². The van der Waals surface area contributed by atoms with Crippen LogP contribution in [0, 0.1) is 0 Å². The van der Waals surface area contributed by atoms with Crippen molar-refractivity contribution in [2.75, 3.05) is 13.1 Å². The molecule has 17 heavy (non-hydrogen) atoms. The Balaban J connectivity index is 2.22. The molecule has 0 atom stereocenters. The molecule has 1 fully saturated rings. The number of hydrogen-bond donors (Lipinski definition) is 0. The van der Waals surface area contributed by atoms with E-state index in [9.17, 15) is 0 Å². The molecular formula is C13H15N3S. The van der Waals surface area contributed by atoms with Crippen LogP contribution in [-0.4, -0.2) is 29.1 Å². The van der Waals surface area contributed by atoms with E-state index in [-0.39, 0.29) is 0 Å². The van der Waals surface area contributed by atoms with Gasteiger partial charge in [0, 0.05) is 13.1 Å². The normalized spacial score (nSPS) is 16.5. The van der Waals surface area contributed by atoms with Crippen molar-refractivity contribution in [3.05, 3.63) is 30.3 Å². The zero-order chi connectivity index (χ0) is 11.9. The summed E-state index contributed by atoms with van der Waals surface area (Å²) in [6.07, 6.45) is 3.68. The second kappa shape index (κ2) is 6.28. The number of benzene rings is 1. The van der Waals surface area contributed by atoms with E-state index in [2.05, 4.69) is 32.3 Å². The third-order valence-corrected chi connectivity index (χ3v) is 2.86. The second-order valence-corrected chi connectivity index (χ2v) is 4.18. The maximum Gasteiger partial charge on any atom is 0.235 e. The van der Waals surface area contributed by atoms with Crippen LogP contribution < -0.4 is 0 Å². The van der Waals surface area contributed by atoms with Crippen LogP contribution in [0.5, 0.6) is 0 Å². The number of aliphatic imine (C=N–C) groups is 2. The molecule has 1 aliphatic heterocycles. The molecule has 0 spiro atoms. The number of isothiocyanates is 1. The molecule has 0 saturated carbocycles. The van der Waals surface area contributed by atoms with Crippen LogP contribution in [0.2, 0.25) is 0 Å². The molecule has 1 aromatic carbocycles. The number of piperidine rings is 1. The first-order valence-corrected chi connectivity index (χ1v) is 6.27. The van der Waals surface area contributed by atoms with Crippen molar-refractivity contribution < 1.29 is 0 Å². The summed E-state index contributed by atoms with van der Waals surface area (Å²) in [5, 5.41) is 2.42. The summed E-state index contributed by atoms with van der Waals surface area (Å²) in [6.45, 7) is 2.01. The summed E-state index contributed by atoms with van der Waals surface area (Å²) in [5.74, 6) is 0.686. The van der Waals surface area contributed by atoms with Gasteiger partial charge < -0.3 is 4.90 Å². The molecule has 0 unspecified atom stereocenters. The molecule has 0 aliphatic carbocycles. The largest absolute Gasteiger partial charge is 0.340 e. The van der Waals surface area contributed by atoms with E-state index < -0.39 is 0 Å². The lowest BCUT2D eigenvalue weighted by atomic mass is 10.1. The molecule has 1 aromatic rings. The van der Waals surface area contributed by atoms with Crippen LogP contribution in [-0.2, 0) is 0 Å². The Morgan fingerprint density at radius 1 is 1.12 bits per heavy atom. The van der Waals surface area contributed by atoms with Crippen molar-refractivity contribution in [1.29, 1.82) is 0 Å². The van der Waals surface area contributed by atoms with Gasteiger partial charge in [0.15, 0.2) is 0 Å². The van der Waals surface area contributed by atoms with Crippen molar-refractivity contribution in [3.8, 4) is 0 Å². The van der Waals surface area contributed by atoms with E-state index in [4.69, 9.17) is 0 Å². The molecule has 2 rings (SSSR count). The van der Waals surface area contributed by atoms with Crippen LogP contribution in [0.1, 0.15) is 19.3 Å². The van der Waals surface area contributed by atoms with Crippen LogP contribution in [0.15, 0.2) is 40.3 Å². The van der Waals surface area contributed by atoms with Crippen molar-refractivity contribution >= 4 is 29.0 Å². The molecule has 3 nitrogen and oxygen atoms in total. The van der Waals surface area contributed by atoms with E-state index in [1.807, 2.05) is 30.3 Å². The average molecular weight is 245 g/mol. The van der Waals surface area contributed by atoms with Crippen LogP contribution >= 0.6 is 12.2 Å². The van der Waals surface area contributed by atoms with Gasteiger partial charge in [-0.15, -0.1) is 0 Å². The number of guanidine groups is 1. The minimum atomic E-state index is 0.686. The zero-order valence-corrected chi connectivity index (χ0v) is 10.5. The summed E-state index contributed by atoms with van der Waals surface area (Å²) in [7, 11) is 0. The Morgan fingerprint density at radius 2 is 1.82 bits per heavy atom. The quantitative estimate of drug-likeness (QED) is 0.431. The third kappa shape index (κ3) is 3.48. The van der Waals surface area contributed by atoms with Gasteiger partial charge in [0.05, 0.1) is 10.8 Å². The van der Waals surface area contributed by atoms with Gasteiger partial charge in [-0.05, 0) is 43.6 Å². The Hall–Kier alpha value is -1.51. The van der Waals surface area contributed by atoms with Gasteiger partial charge in [0.1, 0.15) is 0 Å². The highest BCUT2D eigenvalue weighted by molar-refractivity contribution is 7.78.